The van der Waals surface area contributed by atoms with E-state index in [0.29, 0.717) is 22.5 Å². The standard InChI is InChI=1S/C22H21ClN4O/c1-13(2)16-7-14(3)8-18(9-16)28-22-19-11-26-27(21(19)24-12-25-22)17-6-5-15(4)20(23)10-17/h5-13H,1-4H3. The van der Waals surface area contributed by atoms with E-state index in [1.165, 1.54) is 11.9 Å². The van der Waals surface area contributed by atoms with Gasteiger partial charge in [-0.1, -0.05) is 37.6 Å². The molecule has 142 valence electrons. The average Bonchev–Trinajstić information content (AvgIpc) is 3.09. The second-order valence-electron chi connectivity index (χ2n) is 7.24. The highest BCUT2D eigenvalue weighted by Crippen LogP contribution is 2.31. The molecule has 0 saturated carbocycles. The van der Waals surface area contributed by atoms with Gasteiger partial charge >= 0.3 is 0 Å². The van der Waals surface area contributed by atoms with Crippen LogP contribution in [0, 0.1) is 13.8 Å². The topological polar surface area (TPSA) is 52.8 Å². The van der Waals surface area contributed by atoms with Crippen LogP contribution >= 0.6 is 11.6 Å². The van der Waals surface area contributed by atoms with E-state index >= 15 is 0 Å². The molecule has 4 aromatic rings. The first-order chi connectivity index (χ1) is 13.4. The van der Waals surface area contributed by atoms with Gasteiger partial charge in [0.1, 0.15) is 17.5 Å². The fraction of sp³-hybridized carbons (Fsp3) is 0.227. The zero-order valence-corrected chi connectivity index (χ0v) is 17.0. The first-order valence-electron chi connectivity index (χ1n) is 9.17. The minimum Gasteiger partial charge on any atom is -0.438 e. The molecule has 0 unspecified atom stereocenters. The maximum atomic E-state index is 6.28. The maximum Gasteiger partial charge on any atom is 0.233 e. The minimum absolute atomic E-state index is 0.418. The molecule has 0 atom stereocenters. The minimum atomic E-state index is 0.418. The van der Waals surface area contributed by atoms with Gasteiger partial charge in [-0.15, -0.1) is 0 Å². The number of fused-ring (bicyclic) bond motifs is 1. The summed E-state index contributed by atoms with van der Waals surface area (Å²) in [5, 5.41) is 5.91. The molecule has 0 fully saturated rings. The van der Waals surface area contributed by atoms with Crippen molar-refractivity contribution in [1.82, 2.24) is 19.7 Å². The highest BCUT2D eigenvalue weighted by Gasteiger charge is 2.14. The van der Waals surface area contributed by atoms with Crippen molar-refractivity contribution in [2.45, 2.75) is 33.6 Å². The molecule has 4 rings (SSSR count). The third-order valence-corrected chi connectivity index (χ3v) is 5.09. The molecular weight excluding hydrogens is 372 g/mol. The smallest absolute Gasteiger partial charge is 0.233 e. The molecule has 0 bridgehead atoms. The van der Waals surface area contributed by atoms with Crippen LogP contribution in [0.3, 0.4) is 0 Å². The molecule has 0 aliphatic heterocycles. The van der Waals surface area contributed by atoms with Gasteiger partial charge in [0.05, 0.1) is 11.9 Å². The van der Waals surface area contributed by atoms with Crippen molar-refractivity contribution in [2.75, 3.05) is 0 Å². The third-order valence-electron chi connectivity index (χ3n) is 4.68. The van der Waals surface area contributed by atoms with Gasteiger partial charge in [0, 0.05) is 5.02 Å². The zero-order chi connectivity index (χ0) is 19.8. The van der Waals surface area contributed by atoms with Crippen LogP contribution in [0.4, 0.5) is 0 Å². The van der Waals surface area contributed by atoms with E-state index < -0.39 is 0 Å². The van der Waals surface area contributed by atoms with E-state index in [-0.39, 0.29) is 0 Å². The SMILES string of the molecule is Cc1cc(Oc2ncnc3c2cnn3-c2ccc(C)c(Cl)c2)cc(C(C)C)c1. The normalized spacial score (nSPS) is 11.4. The number of aryl methyl sites for hydroxylation is 2. The number of halogens is 1. The van der Waals surface area contributed by atoms with Gasteiger partial charge in [0.15, 0.2) is 5.65 Å². The Bertz CT molecular complexity index is 1170. The molecule has 28 heavy (non-hydrogen) atoms. The summed E-state index contributed by atoms with van der Waals surface area (Å²) in [7, 11) is 0. The molecule has 0 saturated heterocycles. The zero-order valence-electron chi connectivity index (χ0n) is 16.3. The number of rotatable bonds is 4. The Balaban J connectivity index is 1.76. The summed E-state index contributed by atoms with van der Waals surface area (Å²) in [6.07, 6.45) is 3.21. The van der Waals surface area contributed by atoms with Gasteiger partial charge in [0.25, 0.3) is 0 Å². The molecule has 0 amide bonds. The Labute approximate surface area is 169 Å². The van der Waals surface area contributed by atoms with E-state index in [4.69, 9.17) is 16.3 Å². The van der Waals surface area contributed by atoms with E-state index in [1.807, 2.05) is 31.2 Å². The van der Waals surface area contributed by atoms with Crippen molar-refractivity contribution >= 4 is 22.6 Å². The lowest BCUT2D eigenvalue weighted by Gasteiger charge is -2.11. The van der Waals surface area contributed by atoms with Gasteiger partial charge in [-0.05, 0) is 60.7 Å². The molecule has 2 aromatic heterocycles. The summed E-state index contributed by atoms with van der Waals surface area (Å²) >= 11 is 6.28. The number of ether oxygens (including phenoxy) is 1. The van der Waals surface area contributed by atoms with Crippen molar-refractivity contribution in [1.29, 1.82) is 0 Å². The Morgan fingerprint density at radius 2 is 1.86 bits per heavy atom. The number of benzene rings is 2. The van der Waals surface area contributed by atoms with Crippen LogP contribution in [0.5, 0.6) is 11.6 Å². The highest BCUT2D eigenvalue weighted by atomic mass is 35.5. The van der Waals surface area contributed by atoms with Gasteiger partial charge in [0.2, 0.25) is 5.88 Å². The lowest BCUT2D eigenvalue weighted by molar-refractivity contribution is 0.466. The van der Waals surface area contributed by atoms with E-state index in [1.54, 1.807) is 10.9 Å². The van der Waals surface area contributed by atoms with Crippen molar-refractivity contribution < 1.29 is 4.74 Å². The van der Waals surface area contributed by atoms with Crippen molar-refractivity contribution in [3.8, 4) is 17.3 Å². The molecule has 0 radical (unpaired) electrons. The van der Waals surface area contributed by atoms with Crippen LogP contribution in [0.1, 0.15) is 36.5 Å². The monoisotopic (exact) mass is 392 g/mol. The summed E-state index contributed by atoms with van der Waals surface area (Å²) in [6.45, 7) is 8.36. The number of aromatic nitrogens is 4. The number of nitrogens with zero attached hydrogens (tertiary/aromatic N) is 4. The molecule has 5 nitrogen and oxygen atoms in total. The summed E-state index contributed by atoms with van der Waals surface area (Å²) in [4.78, 5) is 8.73. The first kappa shape index (κ1) is 18.4. The summed E-state index contributed by atoms with van der Waals surface area (Å²) in [5.74, 6) is 1.66. The molecule has 0 aliphatic rings. The molecule has 2 heterocycles. The van der Waals surface area contributed by atoms with Crippen LogP contribution in [0.25, 0.3) is 16.7 Å². The molecule has 0 N–H and O–H groups in total. The quantitative estimate of drug-likeness (QED) is 0.427. The van der Waals surface area contributed by atoms with Crippen molar-refractivity contribution in [3.63, 3.8) is 0 Å². The van der Waals surface area contributed by atoms with Gasteiger partial charge < -0.3 is 4.74 Å². The van der Waals surface area contributed by atoms with Crippen LogP contribution in [-0.2, 0) is 0 Å². The predicted octanol–water partition coefficient (Wildman–Crippen LogP) is 6.00. The van der Waals surface area contributed by atoms with E-state index in [2.05, 4.69) is 48.0 Å². The van der Waals surface area contributed by atoms with Crippen LogP contribution < -0.4 is 4.74 Å². The molecule has 2 aromatic carbocycles. The fourth-order valence-electron chi connectivity index (χ4n) is 3.09. The van der Waals surface area contributed by atoms with Crippen LogP contribution in [0.2, 0.25) is 5.02 Å². The molecule has 0 spiro atoms. The van der Waals surface area contributed by atoms with E-state index in [9.17, 15) is 0 Å². The predicted molar refractivity (Wildman–Crippen MR) is 112 cm³/mol. The van der Waals surface area contributed by atoms with Gasteiger partial charge in [-0.25, -0.2) is 14.6 Å². The van der Waals surface area contributed by atoms with Crippen molar-refractivity contribution in [2.24, 2.45) is 0 Å². The van der Waals surface area contributed by atoms with Crippen LogP contribution in [0.15, 0.2) is 48.9 Å². The van der Waals surface area contributed by atoms with E-state index in [0.717, 1.165) is 28.0 Å². The number of hydrogen-bond donors (Lipinski definition) is 0. The lowest BCUT2D eigenvalue weighted by Crippen LogP contribution is -1.99. The molecule has 6 heteroatoms. The summed E-state index contributed by atoms with van der Waals surface area (Å²) in [6, 6.07) is 12.0. The Morgan fingerprint density at radius 3 is 2.61 bits per heavy atom. The first-order valence-corrected chi connectivity index (χ1v) is 9.55. The Hall–Kier alpha value is -2.92. The largest absolute Gasteiger partial charge is 0.438 e. The molecular formula is C22H21ClN4O. The summed E-state index contributed by atoms with van der Waals surface area (Å²) in [5.41, 5.74) is 4.90. The van der Waals surface area contributed by atoms with Crippen molar-refractivity contribution in [3.05, 3.63) is 70.6 Å². The highest BCUT2D eigenvalue weighted by molar-refractivity contribution is 6.31. The fourth-order valence-corrected chi connectivity index (χ4v) is 3.26. The number of hydrogen-bond acceptors (Lipinski definition) is 4. The second-order valence-corrected chi connectivity index (χ2v) is 7.65. The third kappa shape index (κ3) is 3.45. The summed E-state index contributed by atoms with van der Waals surface area (Å²) < 4.78 is 7.87. The second kappa shape index (κ2) is 7.24. The van der Waals surface area contributed by atoms with Gasteiger partial charge in [-0.2, -0.15) is 5.10 Å². The lowest BCUT2D eigenvalue weighted by atomic mass is 10.0. The van der Waals surface area contributed by atoms with Crippen LogP contribution in [-0.4, -0.2) is 19.7 Å². The maximum absolute atomic E-state index is 6.28. The Kier molecular flexibility index (Phi) is 4.77. The molecule has 0 aliphatic carbocycles. The average molecular weight is 393 g/mol. The van der Waals surface area contributed by atoms with Gasteiger partial charge in [-0.3, -0.25) is 0 Å². The Morgan fingerprint density at radius 1 is 1.04 bits per heavy atom.